The van der Waals surface area contributed by atoms with E-state index >= 15 is 0 Å². The first kappa shape index (κ1) is 20.8. The number of hydrogen-bond donors (Lipinski definition) is 2. The van der Waals surface area contributed by atoms with Crippen molar-refractivity contribution >= 4 is 34.4 Å². The van der Waals surface area contributed by atoms with Crippen LogP contribution in [0.4, 0.5) is 24.5 Å². The number of carbonyl (C=O) groups is 1. The molecule has 3 aromatic rings. The van der Waals surface area contributed by atoms with E-state index in [0.717, 1.165) is 11.5 Å². The van der Waals surface area contributed by atoms with Gasteiger partial charge in [-0.05, 0) is 24.3 Å². The third kappa shape index (κ3) is 4.21. The summed E-state index contributed by atoms with van der Waals surface area (Å²) in [4.78, 5) is 21.7. The molecule has 1 aliphatic rings. The van der Waals surface area contributed by atoms with Crippen molar-refractivity contribution in [1.82, 2.24) is 9.88 Å². The molecule has 2 aromatic carbocycles. The Kier molecular flexibility index (Phi) is 5.34. The van der Waals surface area contributed by atoms with Crippen molar-refractivity contribution < 1.29 is 23.1 Å². The van der Waals surface area contributed by atoms with Crippen LogP contribution in [-0.2, 0) is 11.0 Å². The second kappa shape index (κ2) is 7.98. The molecule has 6 nitrogen and oxygen atoms in total. The smallest absolute Gasteiger partial charge is 0.418 e. The van der Waals surface area contributed by atoms with Gasteiger partial charge in [0.25, 0.3) is 0 Å². The number of anilines is 1. The van der Waals surface area contributed by atoms with Crippen molar-refractivity contribution in [3.63, 3.8) is 0 Å². The van der Waals surface area contributed by atoms with Crippen LogP contribution in [0.2, 0.25) is 0 Å². The van der Waals surface area contributed by atoms with Gasteiger partial charge in [-0.1, -0.05) is 18.2 Å². The topological polar surface area (TPSA) is 71.9 Å². The Labute approximate surface area is 176 Å². The van der Waals surface area contributed by atoms with Gasteiger partial charge in [-0.2, -0.15) is 13.2 Å². The van der Waals surface area contributed by atoms with Crippen LogP contribution in [0.15, 0.2) is 47.5 Å². The highest BCUT2D eigenvalue weighted by Crippen LogP contribution is 2.39. The molecule has 0 spiro atoms. The molecule has 0 unspecified atom stereocenters. The fourth-order valence-corrected chi connectivity index (χ4v) is 3.79. The van der Waals surface area contributed by atoms with Crippen molar-refractivity contribution in [3.8, 4) is 5.88 Å². The van der Waals surface area contributed by atoms with Gasteiger partial charge in [0.2, 0.25) is 5.91 Å². The number of aromatic amines is 1. The minimum Gasteiger partial charge on any atom is -0.494 e. The Balaban J connectivity index is 1.64. The molecule has 31 heavy (non-hydrogen) atoms. The van der Waals surface area contributed by atoms with Gasteiger partial charge in [-0.3, -0.25) is 9.79 Å². The van der Waals surface area contributed by atoms with Gasteiger partial charge in [-0.25, -0.2) is 0 Å². The summed E-state index contributed by atoms with van der Waals surface area (Å²) in [6, 6.07) is 11.1. The number of aromatic hydroxyl groups is 1. The summed E-state index contributed by atoms with van der Waals surface area (Å²) in [6.45, 7) is 2.87. The molecule has 9 heteroatoms. The average Bonchev–Trinajstić information content (AvgIpc) is 3.06. The highest BCUT2D eigenvalue weighted by atomic mass is 19.4. The second-order valence-corrected chi connectivity index (χ2v) is 7.38. The average molecular weight is 430 g/mol. The molecule has 4 rings (SSSR count). The predicted octanol–water partition coefficient (Wildman–Crippen LogP) is 4.31. The highest BCUT2D eigenvalue weighted by Gasteiger charge is 2.36. The molecule has 1 fully saturated rings. The molecule has 2 heterocycles. The number of aromatic nitrogens is 1. The van der Waals surface area contributed by atoms with E-state index in [1.165, 1.54) is 25.3 Å². The maximum atomic E-state index is 13.8. The highest BCUT2D eigenvalue weighted by molar-refractivity contribution is 6.02. The van der Waals surface area contributed by atoms with Crippen molar-refractivity contribution in [2.75, 3.05) is 31.1 Å². The molecule has 162 valence electrons. The Hall–Kier alpha value is -3.49. The van der Waals surface area contributed by atoms with Gasteiger partial charge in [-0.15, -0.1) is 0 Å². The number of H-pyrrole nitrogens is 1. The number of alkyl halides is 3. The lowest BCUT2D eigenvalue weighted by Gasteiger charge is -2.36. The minimum atomic E-state index is -4.55. The van der Waals surface area contributed by atoms with Crippen LogP contribution >= 0.6 is 0 Å². The molecule has 1 aromatic heterocycles. The first-order chi connectivity index (χ1) is 14.7. The van der Waals surface area contributed by atoms with E-state index in [-0.39, 0.29) is 23.2 Å². The number of carbonyl (C=O) groups excluding carboxylic acids is 1. The van der Waals surface area contributed by atoms with Crippen molar-refractivity contribution in [1.29, 1.82) is 0 Å². The molecule has 0 atom stereocenters. The van der Waals surface area contributed by atoms with Crippen LogP contribution < -0.4 is 4.90 Å². The molecule has 0 aliphatic carbocycles. The van der Waals surface area contributed by atoms with E-state index in [9.17, 15) is 23.1 Å². The number of fused-ring (bicyclic) bond motifs is 1. The number of rotatable bonds is 3. The number of halogens is 3. The molecule has 2 N–H and O–H groups in total. The van der Waals surface area contributed by atoms with E-state index < -0.39 is 11.7 Å². The monoisotopic (exact) mass is 430 g/mol. The summed E-state index contributed by atoms with van der Waals surface area (Å²) in [5, 5.41) is 10.8. The number of aliphatic imine (C=N–C) groups is 1. The molecule has 1 saturated heterocycles. The summed E-state index contributed by atoms with van der Waals surface area (Å²) < 4.78 is 41.4. The Morgan fingerprint density at radius 2 is 1.84 bits per heavy atom. The SMILES string of the molecule is CC(=O)N1CCN(c2ccc(N=Cc3c(O)[nH]c4ccccc34)cc2C(F)(F)F)CC1. The van der Waals surface area contributed by atoms with E-state index in [1.807, 2.05) is 6.07 Å². The van der Waals surface area contributed by atoms with Gasteiger partial charge in [0.05, 0.1) is 16.8 Å². The predicted molar refractivity (Wildman–Crippen MR) is 113 cm³/mol. The number of amides is 1. The maximum absolute atomic E-state index is 13.8. The fraction of sp³-hybridized carbons (Fsp3) is 0.273. The molecular formula is C22H21F3N4O2. The molecule has 1 aliphatic heterocycles. The minimum absolute atomic E-state index is 0.0737. The number of para-hydroxylation sites is 1. The Bertz CT molecular complexity index is 1150. The lowest BCUT2D eigenvalue weighted by molar-refractivity contribution is -0.137. The molecular weight excluding hydrogens is 409 g/mol. The summed E-state index contributed by atoms with van der Waals surface area (Å²) in [7, 11) is 0. The normalized spacial score (nSPS) is 15.2. The van der Waals surface area contributed by atoms with Crippen LogP contribution in [0.25, 0.3) is 10.9 Å². The second-order valence-electron chi connectivity index (χ2n) is 7.38. The molecule has 0 bridgehead atoms. The van der Waals surface area contributed by atoms with Gasteiger partial charge >= 0.3 is 6.18 Å². The molecule has 0 radical (unpaired) electrons. The summed E-state index contributed by atoms with van der Waals surface area (Å²) >= 11 is 0. The van der Waals surface area contributed by atoms with Crippen LogP contribution in [0.1, 0.15) is 18.1 Å². The number of nitrogens with one attached hydrogen (secondary N) is 1. The van der Waals surface area contributed by atoms with Crippen molar-refractivity contribution in [3.05, 3.63) is 53.6 Å². The van der Waals surface area contributed by atoms with Crippen LogP contribution in [0, 0.1) is 0 Å². The van der Waals surface area contributed by atoms with Crippen LogP contribution in [-0.4, -0.2) is 53.3 Å². The third-order valence-electron chi connectivity index (χ3n) is 5.42. The summed E-state index contributed by atoms with van der Waals surface area (Å²) in [5.41, 5.74) is 0.542. The zero-order valence-corrected chi connectivity index (χ0v) is 16.8. The van der Waals surface area contributed by atoms with Gasteiger partial charge in [0.1, 0.15) is 0 Å². The summed E-state index contributed by atoms with van der Waals surface area (Å²) in [5.74, 6) is -0.179. The van der Waals surface area contributed by atoms with Gasteiger partial charge in [0.15, 0.2) is 5.88 Å². The number of hydrogen-bond acceptors (Lipinski definition) is 4. The Morgan fingerprint density at radius 3 is 2.52 bits per heavy atom. The quantitative estimate of drug-likeness (QED) is 0.609. The van der Waals surface area contributed by atoms with E-state index in [0.29, 0.717) is 37.3 Å². The lowest BCUT2D eigenvalue weighted by atomic mass is 10.1. The molecule has 1 amide bonds. The zero-order valence-electron chi connectivity index (χ0n) is 16.8. The number of benzene rings is 2. The van der Waals surface area contributed by atoms with Crippen molar-refractivity contribution in [2.45, 2.75) is 13.1 Å². The number of nitrogens with zero attached hydrogens (tertiary/aromatic N) is 3. The third-order valence-corrected chi connectivity index (χ3v) is 5.42. The van der Waals surface area contributed by atoms with Gasteiger partial charge < -0.3 is 19.9 Å². The fourth-order valence-electron chi connectivity index (χ4n) is 3.79. The maximum Gasteiger partial charge on any atom is 0.418 e. The lowest BCUT2D eigenvalue weighted by Crippen LogP contribution is -2.48. The van der Waals surface area contributed by atoms with Gasteiger partial charge in [0, 0.05) is 55.9 Å². The number of piperazine rings is 1. The zero-order chi connectivity index (χ0) is 22.2. The van der Waals surface area contributed by atoms with Crippen molar-refractivity contribution in [2.24, 2.45) is 4.99 Å². The van der Waals surface area contributed by atoms with E-state index in [2.05, 4.69) is 9.98 Å². The van der Waals surface area contributed by atoms with Crippen LogP contribution in [0.5, 0.6) is 5.88 Å². The molecule has 0 saturated carbocycles. The summed E-state index contributed by atoms with van der Waals surface area (Å²) in [6.07, 6.45) is -3.20. The first-order valence-corrected chi connectivity index (χ1v) is 9.79. The first-order valence-electron chi connectivity index (χ1n) is 9.79. The standard InChI is InChI=1S/C22H21F3N4O2/c1-14(30)28-8-10-29(11-9-28)20-7-6-15(12-18(20)22(23,24)25)26-13-17-16-4-2-3-5-19(16)27-21(17)31/h2-7,12-13,27,31H,8-11H2,1H3. The van der Waals surface area contributed by atoms with E-state index in [4.69, 9.17) is 0 Å². The largest absolute Gasteiger partial charge is 0.494 e. The Morgan fingerprint density at radius 1 is 1.13 bits per heavy atom. The van der Waals surface area contributed by atoms with E-state index in [1.54, 1.807) is 28.0 Å². The van der Waals surface area contributed by atoms with Crippen LogP contribution in [0.3, 0.4) is 0 Å².